The van der Waals surface area contributed by atoms with E-state index in [4.69, 9.17) is 9.40 Å². The summed E-state index contributed by atoms with van der Waals surface area (Å²) in [4.78, 5) is 9.02. The first kappa shape index (κ1) is 28.2. The minimum Gasteiger partial charge on any atom is -0.500 e. The molecule has 4 aromatic heterocycles. The summed E-state index contributed by atoms with van der Waals surface area (Å²) in [5.41, 5.74) is 6.63. The van der Waals surface area contributed by atoms with Crippen LogP contribution in [0.1, 0.15) is 0 Å². The average molecular weight is 759 g/mol. The smallest absolute Gasteiger partial charge is 0.194 e. The standard InChI is InChI=1S/C26H14N5O.C11H8N.Ir/c1-2-8-17(9-3-1)31-22-15-27-30-29-25(22)28-26(31)21-12-6-11-19-20-14-13-16-7-4-5-10-18(16)23(20)32-24(19)21;1-2-6-10(7-3-1)11-8-4-5-9-12-11;/h1-11,13-15H;1-6,8-9H;/q2*-1;. The Morgan fingerprint density at radius 3 is 2.33 bits per heavy atom. The molecular formula is C37H22IrN6O-2. The third-order valence-electron chi connectivity index (χ3n) is 7.48. The van der Waals surface area contributed by atoms with Crippen molar-refractivity contribution in [2.75, 3.05) is 0 Å². The Bertz CT molecular complexity index is 2350. The molecule has 0 saturated heterocycles. The number of nitrogens with zero attached hydrogens (tertiary/aromatic N) is 6. The summed E-state index contributed by atoms with van der Waals surface area (Å²) in [5, 5.41) is 16.2. The minimum absolute atomic E-state index is 0. The first-order chi connectivity index (χ1) is 21.8. The molecule has 7 nitrogen and oxygen atoms in total. The van der Waals surface area contributed by atoms with Crippen LogP contribution in [-0.2, 0) is 20.1 Å². The zero-order chi connectivity index (χ0) is 29.3. The zero-order valence-corrected chi connectivity index (χ0v) is 26.0. The van der Waals surface area contributed by atoms with Gasteiger partial charge in [0.2, 0.25) is 0 Å². The fraction of sp³-hybridized carbons (Fsp3) is 0. The Morgan fingerprint density at radius 2 is 1.49 bits per heavy atom. The fourth-order valence-electron chi connectivity index (χ4n) is 5.48. The van der Waals surface area contributed by atoms with Gasteiger partial charge in [0.05, 0.1) is 17.6 Å². The SMILES string of the molecule is [Ir].[c-]1ccc2c(oc3c4ccccc4ccc23)c1-c1nc2nnncc2n1-c1ccccc1.[c-]1ccccc1-c1ccccn1. The van der Waals surface area contributed by atoms with Gasteiger partial charge in [-0.3, -0.25) is 4.98 Å². The second-order valence-electron chi connectivity index (χ2n) is 10.1. The molecule has 5 aromatic carbocycles. The molecule has 0 spiro atoms. The van der Waals surface area contributed by atoms with Crippen LogP contribution in [0.5, 0.6) is 0 Å². The van der Waals surface area contributed by atoms with Gasteiger partial charge in [0.25, 0.3) is 0 Å². The van der Waals surface area contributed by atoms with Crippen molar-refractivity contribution < 1.29 is 24.5 Å². The van der Waals surface area contributed by atoms with Crippen molar-refractivity contribution in [3.05, 3.63) is 146 Å². The number of hydrogen-bond donors (Lipinski definition) is 0. The van der Waals surface area contributed by atoms with Gasteiger partial charge < -0.3 is 14.0 Å². The van der Waals surface area contributed by atoms with E-state index >= 15 is 0 Å². The van der Waals surface area contributed by atoms with Gasteiger partial charge in [0, 0.05) is 42.8 Å². The predicted octanol–water partition coefficient (Wildman–Crippen LogP) is 8.28. The van der Waals surface area contributed by atoms with Gasteiger partial charge in [-0.2, -0.15) is 0 Å². The number of pyridine rings is 1. The molecule has 0 fully saturated rings. The topological polar surface area (TPSA) is 82.5 Å². The quantitative estimate of drug-likeness (QED) is 0.169. The number of para-hydroxylation sites is 1. The molecule has 8 heteroatoms. The van der Waals surface area contributed by atoms with Crippen molar-refractivity contribution in [2.45, 2.75) is 0 Å². The summed E-state index contributed by atoms with van der Waals surface area (Å²) >= 11 is 0. The third-order valence-corrected chi connectivity index (χ3v) is 7.48. The average Bonchev–Trinajstić information content (AvgIpc) is 3.69. The molecule has 217 valence electrons. The molecule has 9 rings (SSSR count). The first-order valence-electron chi connectivity index (χ1n) is 14.1. The molecule has 0 N–H and O–H groups in total. The first-order valence-corrected chi connectivity index (χ1v) is 14.1. The fourth-order valence-corrected chi connectivity index (χ4v) is 5.48. The van der Waals surface area contributed by atoms with E-state index in [0.29, 0.717) is 11.5 Å². The Balaban J connectivity index is 0.000000211. The van der Waals surface area contributed by atoms with E-state index < -0.39 is 0 Å². The van der Waals surface area contributed by atoms with Crippen LogP contribution in [0.2, 0.25) is 0 Å². The van der Waals surface area contributed by atoms with E-state index in [1.54, 1.807) is 12.4 Å². The van der Waals surface area contributed by atoms with Crippen molar-refractivity contribution in [1.29, 1.82) is 0 Å². The van der Waals surface area contributed by atoms with E-state index in [2.05, 4.69) is 56.8 Å². The molecular weight excluding hydrogens is 737 g/mol. The number of benzene rings is 5. The van der Waals surface area contributed by atoms with Gasteiger partial charge in [-0.05, 0) is 34.5 Å². The van der Waals surface area contributed by atoms with Crippen LogP contribution >= 0.6 is 0 Å². The van der Waals surface area contributed by atoms with E-state index in [1.807, 2.05) is 102 Å². The van der Waals surface area contributed by atoms with E-state index in [1.165, 1.54) is 0 Å². The van der Waals surface area contributed by atoms with Gasteiger partial charge in [-0.25, -0.2) is 0 Å². The second kappa shape index (κ2) is 12.2. The van der Waals surface area contributed by atoms with Gasteiger partial charge >= 0.3 is 0 Å². The Kier molecular flexibility index (Phi) is 7.66. The number of aromatic nitrogens is 6. The molecule has 0 unspecified atom stereocenters. The maximum Gasteiger partial charge on any atom is 0.194 e. The molecule has 0 atom stereocenters. The van der Waals surface area contributed by atoms with Gasteiger partial charge in [-0.15, -0.1) is 64.3 Å². The number of imidazole rings is 1. The molecule has 4 heterocycles. The normalized spacial score (nSPS) is 10.9. The molecule has 0 saturated carbocycles. The van der Waals surface area contributed by atoms with Gasteiger partial charge in [0.15, 0.2) is 5.65 Å². The molecule has 0 aliphatic carbocycles. The van der Waals surface area contributed by atoms with Crippen LogP contribution in [0.4, 0.5) is 0 Å². The van der Waals surface area contributed by atoms with E-state index in [9.17, 15) is 0 Å². The number of fused-ring (bicyclic) bond motifs is 6. The van der Waals surface area contributed by atoms with Crippen LogP contribution in [-0.4, -0.2) is 29.9 Å². The summed E-state index contributed by atoms with van der Waals surface area (Å²) < 4.78 is 8.52. The molecule has 0 aliphatic heterocycles. The number of rotatable bonds is 3. The molecule has 0 bridgehead atoms. The maximum atomic E-state index is 6.50. The second-order valence-corrected chi connectivity index (χ2v) is 10.1. The summed E-state index contributed by atoms with van der Waals surface area (Å²) in [7, 11) is 0. The predicted molar refractivity (Wildman–Crippen MR) is 172 cm³/mol. The molecule has 1 radical (unpaired) electrons. The largest absolute Gasteiger partial charge is 0.500 e. The summed E-state index contributed by atoms with van der Waals surface area (Å²) in [6, 6.07) is 46.6. The Labute approximate surface area is 271 Å². The van der Waals surface area contributed by atoms with Crippen LogP contribution < -0.4 is 0 Å². The van der Waals surface area contributed by atoms with Crippen molar-refractivity contribution in [1.82, 2.24) is 29.9 Å². The Hall–Kier alpha value is -5.56. The van der Waals surface area contributed by atoms with E-state index in [0.717, 1.165) is 60.7 Å². The molecule has 9 aromatic rings. The summed E-state index contributed by atoms with van der Waals surface area (Å²) in [5.74, 6) is 0.683. The molecule has 45 heavy (non-hydrogen) atoms. The minimum atomic E-state index is 0. The molecule has 0 amide bonds. The summed E-state index contributed by atoms with van der Waals surface area (Å²) in [6.07, 6.45) is 3.47. The maximum absolute atomic E-state index is 6.50. The van der Waals surface area contributed by atoms with Crippen LogP contribution in [0.15, 0.2) is 138 Å². The third kappa shape index (κ3) is 5.16. The van der Waals surface area contributed by atoms with Crippen molar-refractivity contribution in [2.24, 2.45) is 0 Å². The van der Waals surface area contributed by atoms with Gasteiger partial charge in [0.1, 0.15) is 11.1 Å². The summed E-state index contributed by atoms with van der Waals surface area (Å²) in [6.45, 7) is 0. The Morgan fingerprint density at radius 1 is 0.667 bits per heavy atom. The van der Waals surface area contributed by atoms with Crippen molar-refractivity contribution in [3.8, 4) is 28.3 Å². The number of hydrogen-bond acceptors (Lipinski definition) is 6. The van der Waals surface area contributed by atoms with Crippen molar-refractivity contribution >= 4 is 43.9 Å². The van der Waals surface area contributed by atoms with Crippen LogP contribution in [0.3, 0.4) is 0 Å². The monoisotopic (exact) mass is 759 g/mol. The van der Waals surface area contributed by atoms with Crippen LogP contribution in [0.25, 0.3) is 72.2 Å². The zero-order valence-electron chi connectivity index (χ0n) is 23.6. The van der Waals surface area contributed by atoms with E-state index in [-0.39, 0.29) is 20.1 Å². The van der Waals surface area contributed by atoms with Crippen molar-refractivity contribution in [3.63, 3.8) is 0 Å². The molecule has 0 aliphatic rings. The van der Waals surface area contributed by atoms with Crippen LogP contribution in [0, 0.1) is 12.1 Å². The number of furan rings is 1. The van der Waals surface area contributed by atoms with Gasteiger partial charge in [-0.1, -0.05) is 77.7 Å².